The van der Waals surface area contributed by atoms with Crippen LogP contribution >= 0.6 is 15.9 Å². The summed E-state index contributed by atoms with van der Waals surface area (Å²) < 4.78 is 65.3. The van der Waals surface area contributed by atoms with E-state index < -0.39 is 31.2 Å². The molecule has 1 rings (SSSR count). The monoisotopic (exact) mass is 363 g/mol. The van der Waals surface area contributed by atoms with Crippen molar-refractivity contribution in [1.82, 2.24) is 5.32 Å². The fourth-order valence-corrected chi connectivity index (χ4v) is 1.81. The van der Waals surface area contributed by atoms with Gasteiger partial charge in [0.05, 0.1) is 11.0 Å². The zero-order chi connectivity index (χ0) is 15.4. The molecule has 0 aliphatic carbocycles. The SMILES string of the molecule is OCC(F)(F)CNCc1ccc(OC(F)(F)F)c(Br)c1. The van der Waals surface area contributed by atoms with Crippen molar-refractivity contribution in [3.05, 3.63) is 28.2 Å². The Morgan fingerprint density at radius 3 is 2.35 bits per heavy atom. The number of aliphatic hydroxyl groups is 1. The van der Waals surface area contributed by atoms with E-state index in [-0.39, 0.29) is 11.0 Å². The molecule has 0 aliphatic rings. The smallest absolute Gasteiger partial charge is 0.405 e. The van der Waals surface area contributed by atoms with E-state index in [1.807, 2.05) is 0 Å². The molecule has 2 N–H and O–H groups in total. The van der Waals surface area contributed by atoms with Gasteiger partial charge in [0.1, 0.15) is 12.4 Å². The molecule has 9 heteroatoms. The average Bonchev–Trinajstić information content (AvgIpc) is 2.31. The lowest BCUT2D eigenvalue weighted by Gasteiger charge is -2.15. The van der Waals surface area contributed by atoms with Crippen molar-refractivity contribution in [2.75, 3.05) is 13.2 Å². The van der Waals surface area contributed by atoms with Crippen LogP contribution in [0.1, 0.15) is 5.56 Å². The van der Waals surface area contributed by atoms with Gasteiger partial charge < -0.3 is 15.2 Å². The molecule has 114 valence electrons. The molecule has 0 radical (unpaired) electrons. The van der Waals surface area contributed by atoms with Gasteiger partial charge in [0.25, 0.3) is 5.92 Å². The van der Waals surface area contributed by atoms with Crippen LogP contribution in [0.3, 0.4) is 0 Å². The summed E-state index contributed by atoms with van der Waals surface area (Å²) in [6.45, 7) is -2.00. The molecule has 0 unspecified atom stereocenters. The maximum absolute atomic E-state index is 12.7. The van der Waals surface area contributed by atoms with Crippen molar-refractivity contribution >= 4 is 15.9 Å². The summed E-state index contributed by atoms with van der Waals surface area (Å²) in [6, 6.07) is 3.72. The first kappa shape index (κ1) is 17.1. The third kappa shape index (κ3) is 6.02. The van der Waals surface area contributed by atoms with E-state index >= 15 is 0 Å². The molecule has 0 atom stereocenters. The Kier molecular flexibility index (Phi) is 5.72. The summed E-state index contributed by atoms with van der Waals surface area (Å²) in [5.41, 5.74) is 0.486. The highest BCUT2D eigenvalue weighted by molar-refractivity contribution is 9.10. The van der Waals surface area contributed by atoms with E-state index in [4.69, 9.17) is 5.11 Å². The molecule has 0 aromatic heterocycles. The van der Waals surface area contributed by atoms with Crippen molar-refractivity contribution in [1.29, 1.82) is 0 Å². The number of benzene rings is 1. The molecule has 0 fully saturated rings. The summed E-state index contributed by atoms with van der Waals surface area (Å²) in [6.07, 6.45) is -4.80. The molecular formula is C11H11BrF5NO2. The Labute approximate surface area is 119 Å². The molecule has 3 nitrogen and oxygen atoms in total. The number of halogens is 6. The lowest BCUT2D eigenvalue weighted by atomic mass is 10.2. The van der Waals surface area contributed by atoms with Gasteiger partial charge in [-0.1, -0.05) is 6.07 Å². The summed E-state index contributed by atoms with van der Waals surface area (Å²) in [5.74, 6) is -3.65. The van der Waals surface area contributed by atoms with Gasteiger partial charge in [-0.15, -0.1) is 13.2 Å². The van der Waals surface area contributed by atoms with Crippen molar-refractivity contribution in [2.45, 2.75) is 18.8 Å². The Morgan fingerprint density at radius 2 is 1.85 bits per heavy atom. The molecule has 0 heterocycles. The van der Waals surface area contributed by atoms with Crippen LogP contribution in [0.4, 0.5) is 22.0 Å². The van der Waals surface area contributed by atoms with Crippen molar-refractivity contribution in [3.8, 4) is 5.75 Å². The molecule has 20 heavy (non-hydrogen) atoms. The topological polar surface area (TPSA) is 41.5 Å². The third-order valence-corrected chi connectivity index (χ3v) is 2.79. The van der Waals surface area contributed by atoms with Gasteiger partial charge in [-0.2, -0.15) is 0 Å². The van der Waals surface area contributed by atoms with Gasteiger partial charge in [-0.3, -0.25) is 0 Å². The van der Waals surface area contributed by atoms with Crippen LogP contribution < -0.4 is 10.1 Å². The van der Waals surface area contributed by atoms with E-state index in [0.29, 0.717) is 5.56 Å². The van der Waals surface area contributed by atoms with Crippen molar-refractivity contribution < 1.29 is 31.8 Å². The van der Waals surface area contributed by atoms with Crippen LogP contribution in [0, 0.1) is 0 Å². The maximum Gasteiger partial charge on any atom is 0.573 e. The Morgan fingerprint density at radius 1 is 1.20 bits per heavy atom. The molecular weight excluding hydrogens is 353 g/mol. The fourth-order valence-electron chi connectivity index (χ4n) is 1.31. The summed E-state index contributed by atoms with van der Waals surface area (Å²) in [7, 11) is 0. The number of hydrogen-bond acceptors (Lipinski definition) is 3. The highest BCUT2D eigenvalue weighted by Crippen LogP contribution is 2.31. The van der Waals surface area contributed by atoms with Gasteiger partial charge in [0.15, 0.2) is 0 Å². The average molecular weight is 364 g/mol. The zero-order valence-corrected chi connectivity index (χ0v) is 11.6. The molecule has 0 bridgehead atoms. The largest absolute Gasteiger partial charge is 0.573 e. The van der Waals surface area contributed by atoms with Crippen molar-refractivity contribution in [3.63, 3.8) is 0 Å². The van der Waals surface area contributed by atoms with E-state index in [1.165, 1.54) is 12.1 Å². The Hall–Kier alpha value is -0.930. The molecule has 1 aromatic carbocycles. The second kappa shape index (κ2) is 6.68. The number of aliphatic hydroxyl groups excluding tert-OH is 1. The molecule has 0 amide bonds. The first-order valence-electron chi connectivity index (χ1n) is 5.36. The number of nitrogens with one attached hydrogen (secondary N) is 1. The van der Waals surface area contributed by atoms with Gasteiger partial charge >= 0.3 is 6.36 Å². The zero-order valence-electron chi connectivity index (χ0n) is 9.98. The van der Waals surface area contributed by atoms with Crippen LogP contribution in [0.2, 0.25) is 0 Å². The van der Waals surface area contributed by atoms with Crippen LogP contribution in [0.5, 0.6) is 5.75 Å². The van der Waals surface area contributed by atoms with E-state index in [2.05, 4.69) is 26.0 Å². The molecule has 1 aromatic rings. The normalized spacial score (nSPS) is 12.6. The third-order valence-electron chi connectivity index (χ3n) is 2.17. The predicted octanol–water partition coefficient (Wildman–Crippen LogP) is 3.06. The number of alkyl halides is 5. The standard InChI is InChI=1S/C11H11BrF5NO2/c12-8-3-7(4-18-5-10(13,14)6-19)1-2-9(8)20-11(15,16)17/h1-3,18-19H,4-6H2. The first-order valence-corrected chi connectivity index (χ1v) is 6.16. The summed E-state index contributed by atoms with van der Waals surface area (Å²) in [5, 5.41) is 10.8. The highest BCUT2D eigenvalue weighted by atomic mass is 79.9. The van der Waals surface area contributed by atoms with E-state index in [1.54, 1.807) is 0 Å². The lowest BCUT2D eigenvalue weighted by Crippen LogP contribution is -2.35. The first-order chi connectivity index (χ1) is 9.13. The minimum absolute atomic E-state index is 0.0144. The fraction of sp³-hybridized carbons (Fsp3) is 0.455. The molecule has 0 saturated heterocycles. The number of ether oxygens (including phenoxy) is 1. The van der Waals surface area contributed by atoms with Crippen molar-refractivity contribution in [2.24, 2.45) is 0 Å². The maximum atomic E-state index is 12.7. The minimum atomic E-state index is -4.80. The van der Waals surface area contributed by atoms with E-state index in [0.717, 1.165) is 6.07 Å². The second-order valence-electron chi connectivity index (χ2n) is 3.93. The predicted molar refractivity (Wildman–Crippen MR) is 64.6 cm³/mol. The van der Waals surface area contributed by atoms with E-state index in [9.17, 15) is 22.0 Å². The summed E-state index contributed by atoms with van der Waals surface area (Å²) >= 11 is 2.90. The van der Waals surface area contributed by atoms with Crippen LogP contribution in [0.25, 0.3) is 0 Å². The molecule has 0 spiro atoms. The Balaban J connectivity index is 2.60. The molecule has 0 aliphatic heterocycles. The van der Waals surface area contributed by atoms with Gasteiger partial charge in [-0.05, 0) is 33.6 Å². The van der Waals surface area contributed by atoms with Crippen LogP contribution in [0.15, 0.2) is 22.7 Å². The number of rotatable bonds is 6. The quantitative estimate of drug-likeness (QED) is 0.763. The molecule has 0 saturated carbocycles. The van der Waals surface area contributed by atoms with Crippen LogP contribution in [-0.2, 0) is 6.54 Å². The lowest BCUT2D eigenvalue weighted by molar-refractivity contribution is -0.274. The van der Waals surface area contributed by atoms with Gasteiger partial charge in [0, 0.05) is 6.54 Å². The van der Waals surface area contributed by atoms with Crippen LogP contribution in [-0.4, -0.2) is 30.5 Å². The minimum Gasteiger partial charge on any atom is -0.405 e. The number of hydrogen-bond donors (Lipinski definition) is 2. The highest BCUT2D eigenvalue weighted by Gasteiger charge is 2.32. The second-order valence-corrected chi connectivity index (χ2v) is 4.78. The summed E-state index contributed by atoms with van der Waals surface area (Å²) in [4.78, 5) is 0. The van der Waals surface area contributed by atoms with Gasteiger partial charge in [-0.25, -0.2) is 8.78 Å². The van der Waals surface area contributed by atoms with Gasteiger partial charge in [0.2, 0.25) is 0 Å². The Bertz CT molecular complexity index is 453.